The van der Waals surface area contributed by atoms with Gasteiger partial charge in [-0.25, -0.2) is 9.47 Å². The highest BCUT2D eigenvalue weighted by Gasteiger charge is 2.85. The van der Waals surface area contributed by atoms with Gasteiger partial charge in [-0.2, -0.15) is 4.98 Å². The van der Waals surface area contributed by atoms with Crippen molar-refractivity contribution in [2.45, 2.75) is 64.1 Å². The van der Waals surface area contributed by atoms with Crippen molar-refractivity contribution in [3.63, 3.8) is 0 Å². The molecule has 0 saturated carbocycles. The lowest BCUT2D eigenvalue weighted by Gasteiger charge is -2.57. The van der Waals surface area contributed by atoms with Crippen LogP contribution >= 0.6 is 0 Å². The molecule has 0 amide bonds. The van der Waals surface area contributed by atoms with Crippen molar-refractivity contribution in [1.29, 1.82) is 0 Å². The maximum absolute atomic E-state index is 6.14. The number of hydrogen-bond acceptors (Lipinski definition) is 6. The van der Waals surface area contributed by atoms with E-state index < -0.39 is 0 Å². The summed E-state index contributed by atoms with van der Waals surface area (Å²) in [6, 6.07) is 2.47. The summed E-state index contributed by atoms with van der Waals surface area (Å²) in [6.07, 6.45) is 5.83. The third-order valence-corrected chi connectivity index (χ3v) is 8.65. The van der Waals surface area contributed by atoms with E-state index in [0.717, 1.165) is 56.6 Å². The van der Waals surface area contributed by atoms with E-state index in [4.69, 9.17) is 20.4 Å². The molecule has 30 heavy (non-hydrogen) atoms. The van der Waals surface area contributed by atoms with E-state index in [1.807, 2.05) is 0 Å². The topological polar surface area (TPSA) is 67.5 Å². The molecule has 2 N–H and O–H groups in total. The van der Waals surface area contributed by atoms with Crippen LogP contribution in [0.25, 0.3) is 0 Å². The minimum absolute atomic E-state index is 0.482. The Morgan fingerprint density at radius 1 is 1.27 bits per heavy atom. The number of likely N-dealkylation sites (N-methyl/N-ethyl adjacent to an activating group) is 1. The van der Waals surface area contributed by atoms with E-state index in [0.29, 0.717) is 30.6 Å². The average molecular weight is 412 g/mol. The molecular weight excluding hydrogens is 376 g/mol. The number of nitrogens with two attached hydrogens (primary N) is 1. The summed E-state index contributed by atoms with van der Waals surface area (Å²) in [6.45, 7) is 9.16. The number of hydrogen-bond donors (Lipinski definition) is 1. The molecule has 0 aromatic carbocycles. The average Bonchev–Trinajstić information content (AvgIpc) is 2.99. The van der Waals surface area contributed by atoms with Gasteiger partial charge in [-0.15, -0.1) is 0 Å². The Hall–Kier alpha value is -1.70. The van der Waals surface area contributed by atoms with Gasteiger partial charge in [0.15, 0.2) is 11.4 Å². The van der Waals surface area contributed by atoms with Crippen LogP contribution in [0.4, 0.5) is 5.82 Å². The summed E-state index contributed by atoms with van der Waals surface area (Å²) in [5.74, 6) is 1.83. The second-order valence-corrected chi connectivity index (χ2v) is 9.96. The van der Waals surface area contributed by atoms with Crippen molar-refractivity contribution >= 4 is 5.82 Å². The van der Waals surface area contributed by atoms with Crippen LogP contribution in [0.1, 0.15) is 43.9 Å². The van der Waals surface area contributed by atoms with Crippen LogP contribution in [0, 0.1) is 12.8 Å². The highest BCUT2D eigenvalue weighted by atomic mass is 16.5. The van der Waals surface area contributed by atoms with Gasteiger partial charge in [0.05, 0.1) is 25.4 Å². The first-order chi connectivity index (χ1) is 14.6. The molecule has 0 bridgehead atoms. The van der Waals surface area contributed by atoms with E-state index in [1.54, 1.807) is 11.4 Å². The van der Waals surface area contributed by atoms with Gasteiger partial charge < -0.3 is 20.3 Å². The molecule has 0 aliphatic carbocycles. The molecule has 5 aliphatic heterocycles. The fraction of sp³-hybridized carbons (Fsp3) is 0.739. The van der Waals surface area contributed by atoms with Crippen molar-refractivity contribution in [3.05, 3.63) is 22.7 Å². The van der Waals surface area contributed by atoms with E-state index in [9.17, 15) is 0 Å². The zero-order valence-corrected chi connectivity index (χ0v) is 18.6. The fourth-order valence-electron chi connectivity index (χ4n) is 7.13. The van der Waals surface area contributed by atoms with Crippen LogP contribution < -0.4 is 15.4 Å². The molecule has 3 unspecified atom stereocenters. The number of aryl methyl sites for hydroxylation is 1. The highest BCUT2D eigenvalue weighted by Crippen LogP contribution is 2.74. The third kappa shape index (κ3) is 2.37. The van der Waals surface area contributed by atoms with Gasteiger partial charge in [0.1, 0.15) is 24.5 Å². The molecular formula is C23H35N6O+. The number of ether oxygens (including phenoxy) is 1. The molecule has 6 rings (SSSR count). The number of likely N-dealkylation sites (tertiary alicyclic amines) is 1. The molecule has 0 radical (unpaired) electrons. The van der Waals surface area contributed by atoms with Crippen LogP contribution in [0.3, 0.4) is 0 Å². The fourth-order valence-corrected chi connectivity index (χ4v) is 7.13. The summed E-state index contributed by atoms with van der Waals surface area (Å²) in [7, 11) is 2.18. The maximum Gasteiger partial charge on any atom is 0.318 e. The Kier molecular flexibility index (Phi) is 4.21. The van der Waals surface area contributed by atoms with Crippen LogP contribution in [0.2, 0.25) is 0 Å². The zero-order chi connectivity index (χ0) is 20.6. The Morgan fingerprint density at radius 2 is 2.13 bits per heavy atom. The largest absolute Gasteiger partial charge is 0.462 e. The van der Waals surface area contributed by atoms with Crippen molar-refractivity contribution in [1.82, 2.24) is 14.9 Å². The number of piperazine rings is 1. The molecule has 162 valence electrons. The first kappa shape index (κ1) is 19.0. The first-order valence-electron chi connectivity index (χ1n) is 11.9. The number of quaternary nitrogens is 1. The molecule has 1 aromatic rings. The van der Waals surface area contributed by atoms with Crippen molar-refractivity contribution in [2.24, 2.45) is 11.7 Å². The van der Waals surface area contributed by atoms with Crippen molar-refractivity contribution in [2.75, 3.05) is 44.7 Å². The van der Waals surface area contributed by atoms with Gasteiger partial charge in [0.25, 0.3) is 0 Å². The van der Waals surface area contributed by atoms with Crippen molar-refractivity contribution in [3.8, 4) is 6.01 Å². The standard InChI is InChI=1S/C23H35N6O/c1-4-17-14(2)25-23(30-13-15-6-5-9-27(15)3)26-22(17)28-11-16-10-19-21-18(7-8-24)20(12-28)29(16,19)21/h15-16,18,20H,4-13,24H2,1-3H3/q+1/t15-,16?,18-,20?,29?/m0/s1. The normalized spacial score (nSPS) is 36.2. The second-order valence-electron chi connectivity index (χ2n) is 9.96. The lowest BCUT2D eigenvalue weighted by molar-refractivity contribution is -0.912. The van der Waals surface area contributed by atoms with Gasteiger partial charge in [0.2, 0.25) is 0 Å². The molecule has 5 aliphatic rings. The molecule has 7 heteroatoms. The van der Waals surface area contributed by atoms with E-state index in [-0.39, 0.29) is 0 Å². The minimum atomic E-state index is 0.482. The number of aromatic nitrogens is 2. The monoisotopic (exact) mass is 411 g/mol. The van der Waals surface area contributed by atoms with E-state index in [1.165, 1.54) is 29.3 Å². The SMILES string of the molecule is CCc1c(C)nc(OC[C@@H]2CCCN2C)nc1N1CC2CC3=C4[C@@H](CCN)C(C1)[N+]342. The van der Waals surface area contributed by atoms with E-state index in [2.05, 4.69) is 30.7 Å². The highest BCUT2D eigenvalue weighted by molar-refractivity contribution is 5.53. The number of anilines is 1. The van der Waals surface area contributed by atoms with E-state index >= 15 is 0 Å². The quantitative estimate of drug-likeness (QED) is 0.690. The van der Waals surface area contributed by atoms with Crippen LogP contribution in [-0.2, 0) is 6.42 Å². The summed E-state index contributed by atoms with van der Waals surface area (Å²) >= 11 is 0. The van der Waals surface area contributed by atoms with Crippen molar-refractivity contribution < 1.29 is 9.22 Å². The van der Waals surface area contributed by atoms with Crippen LogP contribution in [0.5, 0.6) is 6.01 Å². The Balaban J connectivity index is 1.24. The molecule has 1 aromatic heterocycles. The van der Waals surface area contributed by atoms with Gasteiger partial charge in [-0.3, -0.25) is 0 Å². The summed E-state index contributed by atoms with van der Waals surface area (Å²) in [5.41, 5.74) is 11.8. The summed E-state index contributed by atoms with van der Waals surface area (Å²) < 4.78 is 7.42. The lowest BCUT2D eigenvalue weighted by Crippen LogP contribution is -2.74. The Morgan fingerprint density at radius 3 is 2.87 bits per heavy atom. The smallest absolute Gasteiger partial charge is 0.318 e. The molecule has 1 spiro atoms. The first-order valence-corrected chi connectivity index (χ1v) is 11.9. The van der Waals surface area contributed by atoms with Crippen LogP contribution in [-0.4, -0.2) is 77.3 Å². The van der Waals surface area contributed by atoms with Gasteiger partial charge in [-0.1, -0.05) is 6.92 Å². The van der Waals surface area contributed by atoms with Crippen LogP contribution in [0.15, 0.2) is 11.4 Å². The third-order valence-electron chi connectivity index (χ3n) is 8.65. The van der Waals surface area contributed by atoms with Gasteiger partial charge in [-0.05, 0) is 52.7 Å². The predicted molar refractivity (Wildman–Crippen MR) is 116 cm³/mol. The number of nitrogens with zero attached hydrogens (tertiary/aromatic N) is 5. The lowest BCUT2D eigenvalue weighted by atomic mass is 9.80. The molecule has 6 heterocycles. The minimum Gasteiger partial charge on any atom is -0.462 e. The Labute approximate surface area is 179 Å². The zero-order valence-electron chi connectivity index (χ0n) is 18.6. The number of rotatable bonds is 7. The molecule has 5 atom stereocenters. The summed E-state index contributed by atoms with van der Waals surface area (Å²) in [5, 5.41) is 0. The summed E-state index contributed by atoms with van der Waals surface area (Å²) in [4.78, 5) is 14.6. The maximum atomic E-state index is 6.14. The predicted octanol–water partition coefficient (Wildman–Crippen LogP) is 1.80. The van der Waals surface area contributed by atoms with Gasteiger partial charge in [0, 0.05) is 17.3 Å². The molecule has 7 nitrogen and oxygen atoms in total. The Bertz CT molecular complexity index is 915. The molecule has 4 saturated heterocycles. The second kappa shape index (κ2) is 6.65. The van der Waals surface area contributed by atoms with Gasteiger partial charge >= 0.3 is 6.01 Å². The molecule has 4 fully saturated rings.